The van der Waals surface area contributed by atoms with Crippen LogP contribution in [0.25, 0.3) is 0 Å². The Bertz CT molecular complexity index is 1880. The summed E-state index contributed by atoms with van der Waals surface area (Å²) >= 11 is 0. The summed E-state index contributed by atoms with van der Waals surface area (Å²) < 4.78 is 79.5. The summed E-state index contributed by atoms with van der Waals surface area (Å²) in [4.78, 5) is -0.991. The van der Waals surface area contributed by atoms with Crippen LogP contribution in [0, 0.1) is 0 Å². The van der Waals surface area contributed by atoms with Crippen LogP contribution in [0.5, 0.6) is 34.5 Å². The van der Waals surface area contributed by atoms with Gasteiger partial charge in [-0.05, 0) is 79.3 Å². The van der Waals surface area contributed by atoms with Gasteiger partial charge in [0.25, 0.3) is 10.1 Å². The van der Waals surface area contributed by atoms with Gasteiger partial charge in [-0.25, -0.2) is 8.42 Å². The largest absolute Gasteiger partial charge is 2.00 e. The number of aromatic hydroxyl groups is 1. The van der Waals surface area contributed by atoms with Crippen LogP contribution in [0.4, 0.5) is 0 Å². The maximum Gasteiger partial charge on any atom is 2.00 e. The Kier molecular flexibility index (Phi) is 27.0. The molecule has 0 saturated carbocycles. The predicted molar refractivity (Wildman–Crippen MR) is 242 cm³/mol. The van der Waals surface area contributed by atoms with Gasteiger partial charge in [0.2, 0.25) is 0 Å². The summed E-state index contributed by atoms with van der Waals surface area (Å²) in [5, 5.41) is 22.8. The molecule has 13 heteroatoms. The van der Waals surface area contributed by atoms with E-state index < -0.39 is 41.5 Å². The minimum atomic E-state index is -4.83. The van der Waals surface area contributed by atoms with Gasteiger partial charge in [0.1, 0.15) is 32.3 Å². The van der Waals surface area contributed by atoms with Crippen LogP contribution in [0.15, 0.2) is 94.7 Å². The second-order valence-electron chi connectivity index (χ2n) is 15.5. The van der Waals surface area contributed by atoms with Crippen molar-refractivity contribution in [2.45, 2.75) is 165 Å². The Morgan fingerprint density at radius 2 is 0.869 bits per heavy atom. The van der Waals surface area contributed by atoms with Crippen LogP contribution < -0.4 is 14.6 Å². The zero-order chi connectivity index (χ0) is 43.6. The van der Waals surface area contributed by atoms with Crippen molar-refractivity contribution in [3.05, 3.63) is 96.1 Å². The number of aryl methyl sites for hydroxylation is 2. The SMILES string of the molecule is CCCCCCCCCCCCc1cc(O)c(Oc2ccccc2)c(S(=O)(=O)O)c1.CCCCCCCCCCCCc1cc([O-])c(Oc2ccccc2)c(S(=O)(=O)[O-])c1.[Ca+2]. The Morgan fingerprint density at radius 1 is 0.508 bits per heavy atom. The molecule has 0 heterocycles. The van der Waals surface area contributed by atoms with E-state index in [-0.39, 0.29) is 49.2 Å². The first-order valence-electron chi connectivity index (χ1n) is 21.9. The van der Waals surface area contributed by atoms with Crippen molar-refractivity contribution in [3.8, 4) is 34.5 Å². The van der Waals surface area contributed by atoms with Crippen LogP contribution in [0.3, 0.4) is 0 Å². The molecule has 0 fully saturated rings. The summed E-state index contributed by atoms with van der Waals surface area (Å²) in [5.41, 5.74) is 1.23. The Balaban J connectivity index is 0.000000413. The molecule has 0 aliphatic heterocycles. The minimum Gasteiger partial charge on any atom is -0.870 e. The smallest absolute Gasteiger partial charge is 0.870 e. The number of unbranched alkanes of at least 4 members (excludes halogenated alkanes) is 18. The average Bonchev–Trinajstić information content (AvgIpc) is 3.21. The van der Waals surface area contributed by atoms with E-state index >= 15 is 0 Å². The molecule has 0 amide bonds. The quantitative estimate of drug-likeness (QED) is 0.0317. The van der Waals surface area contributed by atoms with E-state index in [4.69, 9.17) is 9.47 Å². The molecule has 0 unspecified atom stereocenters. The van der Waals surface area contributed by atoms with Gasteiger partial charge >= 0.3 is 37.7 Å². The topological polar surface area (TPSA) is 173 Å². The van der Waals surface area contributed by atoms with Crippen molar-refractivity contribution < 1.29 is 45.6 Å². The van der Waals surface area contributed by atoms with Gasteiger partial charge in [-0.3, -0.25) is 4.55 Å². The maximum atomic E-state index is 12.5. The molecule has 2 N–H and O–H groups in total. The predicted octanol–water partition coefficient (Wildman–Crippen LogP) is 12.4. The van der Waals surface area contributed by atoms with Gasteiger partial charge in [-0.1, -0.05) is 178 Å². The molecule has 61 heavy (non-hydrogen) atoms. The van der Waals surface area contributed by atoms with Crippen LogP contribution in [0.2, 0.25) is 0 Å². The van der Waals surface area contributed by atoms with Crippen molar-refractivity contribution in [1.82, 2.24) is 0 Å². The number of rotatable bonds is 28. The van der Waals surface area contributed by atoms with E-state index in [1.165, 1.54) is 114 Å². The molecule has 0 spiro atoms. The molecule has 4 aromatic carbocycles. The number of ether oxygens (including phenoxy) is 2. The Morgan fingerprint density at radius 3 is 1.26 bits per heavy atom. The fourth-order valence-electron chi connectivity index (χ4n) is 6.99. The molecule has 4 aromatic rings. The third-order valence-electron chi connectivity index (χ3n) is 10.3. The third kappa shape index (κ3) is 21.9. The van der Waals surface area contributed by atoms with Crippen LogP contribution >= 0.6 is 0 Å². The van der Waals surface area contributed by atoms with Crippen molar-refractivity contribution >= 4 is 58.0 Å². The Labute approximate surface area is 396 Å². The van der Waals surface area contributed by atoms with E-state index in [0.29, 0.717) is 35.5 Å². The summed E-state index contributed by atoms with van der Waals surface area (Å²) in [7, 11) is -9.36. The number of hydrogen-bond donors (Lipinski definition) is 2. The van der Waals surface area contributed by atoms with Crippen molar-refractivity contribution in [3.63, 3.8) is 0 Å². The molecular weight excluding hydrogens is 841 g/mol. The molecule has 0 bridgehead atoms. The van der Waals surface area contributed by atoms with Gasteiger partial charge in [0.05, 0.1) is 4.90 Å². The van der Waals surface area contributed by atoms with Crippen molar-refractivity contribution in [2.24, 2.45) is 0 Å². The monoisotopic (exact) mass is 906 g/mol. The van der Waals surface area contributed by atoms with Gasteiger partial charge in [-0.2, -0.15) is 8.42 Å². The molecule has 0 aromatic heterocycles. The van der Waals surface area contributed by atoms with Gasteiger partial charge in [-0.15, -0.1) is 0 Å². The summed E-state index contributed by atoms with van der Waals surface area (Å²) in [6.07, 6.45) is 25.3. The number of phenols is 1. The first-order valence-corrected chi connectivity index (χ1v) is 24.8. The molecule has 0 atom stereocenters. The van der Waals surface area contributed by atoms with Crippen molar-refractivity contribution in [1.29, 1.82) is 0 Å². The number of para-hydroxylation sites is 2. The molecule has 0 aliphatic rings. The molecule has 0 aliphatic carbocycles. The average molecular weight is 907 g/mol. The van der Waals surface area contributed by atoms with Crippen molar-refractivity contribution in [2.75, 3.05) is 0 Å². The molecule has 332 valence electrons. The zero-order valence-electron chi connectivity index (χ0n) is 36.3. The van der Waals surface area contributed by atoms with Gasteiger partial charge in [0.15, 0.2) is 11.5 Å². The summed E-state index contributed by atoms with van der Waals surface area (Å²) in [5.74, 6) is -0.880. The Hall–Kier alpha value is -2.84. The summed E-state index contributed by atoms with van der Waals surface area (Å²) in [6, 6.07) is 22.5. The fourth-order valence-corrected chi connectivity index (χ4v) is 8.33. The van der Waals surface area contributed by atoms with E-state index in [2.05, 4.69) is 13.8 Å². The molecule has 10 nitrogen and oxygen atoms in total. The first kappa shape index (κ1) is 54.3. The van der Waals surface area contributed by atoms with E-state index in [0.717, 1.165) is 38.5 Å². The van der Waals surface area contributed by atoms with Crippen LogP contribution in [-0.2, 0) is 33.1 Å². The molecular formula is C48H66CaO10S2. The zero-order valence-corrected chi connectivity index (χ0v) is 40.2. The second kappa shape index (κ2) is 30.3. The standard InChI is InChI=1S/2C24H34O5S.Ca/c2*1-2-3-4-5-6-7-8-9-10-12-15-20-18-22(25)24(23(19-20)30(26,27)28)29-21-16-13-11-14-17-21;/h2*11,13-14,16-19,25H,2-10,12,15H2,1H3,(H,26,27,28);/q;;+2/p-2. The van der Waals surface area contributed by atoms with E-state index in [9.17, 15) is 36.2 Å². The first-order chi connectivity index (χ1) is 28.8. The molecule has 0 radical (unpaired) electrons. The fraction of sp³-hybridized carbons (Fsp3) is 0.500. The van der Waals surface area contributed by atoms with E-state index in [1.807, 2.05) is 0 Å². The van der Waals surface area contributed by atoms with Gasteiger partial charge < -0.3 is 24.2 Å². The second-order valence-corrected chi connectivity index (χ2v) is 18.2. The summed E-state index contributed by atoms with van der Waals surface area (Å²) in [6.45, 7) is 4.44. The number of phenolic OH excluding ortho intramolecular Hbond substituents is 1. The number of hydrogen-bond acceptors (Lipinski definition) is 9. The van der Waals surface area contributed by atoms with Crippen LogP contribution in [0.1, 0.15) is 153 Å². The maximum absolute atomic E-state index is 12.5. The number of benzene rings is 4. The normalized spacial score (nSPS) is 11.3. The molecule has 0 saturated heterocycles. The molecule has 4 rings (SSSR count). The third-order valence-corrected chi connectivity index (χ3v) is 12.0. The minimum absolute atomic E-state index is 0. The van der Waals surface area contributed by atoms with Crippen LogP contribution in [-0.4, -0.2) is 68.8 Å². The van der Waals surface area contributed by atoms with E-state index in [1.54, 1.807) is 60.7 Å². The van der Waals surface area contributed by atoms with Gasteiger partial charge in [0, 0.05) is 0 Å².